The highest BCUT2D eigenvalue weighted by Gasteiger charge is 2.22. The van der Waals surface area contributed by atoms with E-state index < -0.39 is 0 Å². The van der Waals surface area contributed by atoms with E-state index in [4.69, 9.17) is 9.40 Å². The molecule has 4 aromatic carbocycles. The summed E-state index contributed by atoms with van der Waals surface area (Å²) in [5.41, 5.74) is 14.5. The van der Waals surface area contributed by atoms with Crippen molar-refractivity contribution in [1.29, 1.82) is 0 Å². The zero-order chi connectivity index (χ0) is 29.4. The highest BCUT2D eigenvalue weighted by Crippen LogP contribution is 2.37. The summed E-state index contributed by atoms with van der Waals surface area (Å²) >= 11 is 0. The first-order chi connectivity index (χ1) is 20.3. The molecule has 0 spiro atoms. The molecule has 0 radical (unpaired) electrons. The van der Waals surface area contributed by atoms with Gasteiger partial charge in [0.05, 0.1) is 6.67 Å². The molecule has 0 atom stereocenters. The Morgan fingerprint density at radius 1 is 0.667 bits per heavy atom. The van der Waals surface area contributed by atoms with Gasteiger partial charge in [0.15, 0.2) is 11.7 Å². The monoisotopic (exact) mass is 553 g/mol. The van der Waals surface area contributed by atoms with Crippen LogP contribution in [0.5, 0.6) is 0 Å². The third-order valence-corrected chi connectivity index (χ3v) is 8.17. The molecule has 1 aliphatic rings. The Bertz CT molecular complexity index is 1730. The first-order valence-electron chi connectivity index (χ1n) is 14.8. The average Bonchev–Trinajstić information content (AvgIpc) is 3.59. The van der Waals surface area contributed by atoms with Crippen LogP contribution in [0, 0.1) is 41.5 Å². The minimum Gasteiger partial charge on any atom is -0.440 e. The molecule has 0 bridgehead atoms. The topological polar surface area (TPSA) is 32.5 Å². The van der Waals surface area contributed by atoms with Crippen LogP contribution in [0.4, 0.5) is 5.69 Å². The Hall–Kier alpha value is -4.57. The van der Waals surface area contributed by atoms with Crippen LogP contribution in [0.3, 0.4) is 0 Å². The number of hydrogen-bond donors (Lipinski definition) is 0. The molecule has 42 heavy (non-hydrogen) atoms. The van der Waals surface area contributed by atoms with Gasteiger partial charge in [0.25, 0.3) is 0 Å². The van der Waals surface area contributed by atoms with Crippen LogP contribution < -0.4 is 4.90 Å². The number of oxazole rings is 1. The summed E-state index contributed by atoms with van der Waals surface area (Å²) in [7, 11) is 0. The van der Waals surface area contributed by atoms with Gasteiger partial charge in [0, 0.05) is 42.2 Å². The zero-order valence-electron chi connectivity index (χ0n) is 25.5. The van der Waals surface area contributed by atoms with Gasteiger partial charge >= 0.3 is 0 Å². The molecule has 0 saturated heterocycles. The van der Waals surface area contributed by atoms with E-state index in [0.717, 1.165) is 48.1 Å². The van der Waals surface area contributed by atoms with Gasteiger partial charge in [0.1, 0.15) is 5.69 Å². The predicted molar refractivity (Wildman–Crippen MR) is 175 cm³/mol. The van der Waals surface area contributed by atoms with E-state index in [2.05, 4.69) is 137 Å². The molecule has 4 nitrogen and oxygen atoms in total. The van der Waals surface area contributed by atoms with Crippen LogP contribution in [0.25, 0.3) is 33.7 Å². The highest BCUT2D eigenvalue weighted by atomic mass is 16.4. The molecule has 0 saturated carbocycles. The van der Waals surface area contributed by atoms with Gasteiger partial charge in [-0.1, -0.05) is 77.9 Å². The number of aromatic nitrogens is 1. The minimum atomic E-state index is 0.726. The summed E-state index contributed by atoms with van der Waals surface area (Å²) in [5.74, 6) is 1.63. The second kappa shape index (κ2) is 11.4. The van der Waals surface area contributed by atoms with Crippen molar-refractivity contribution in [1.82, 2.24) is 9.88 Å². The molecule has 0 fully saturated rings. The lowest BCUT2D eigenvalue weighted by atomic mass is 9.93. The predicted octanol–water partition coefficient (Wildman–Crippen LogP) is 9.32. The van der Waals surface area contributed by atoms with Crippen LogP contribution in [0.2, 0.25) is 0 Å². The van der Waals surface area contributed by atoms with E-state index in [1.807, 2.05) is 6.07 Å². The summed E-state index contributed by atoms with van der Waals surface area (Å²) < 4.78 is 6.55. The van der Waals surface area contributed by atoms with E-state index in [1.165, 1.54) is 50.2 Å². The summed E-state index contributed by atoms with van der Waals surface area (Å²) in [6.45, 7) is 14.7. The Balaban J connectivity index is 1.20. The molecule has 1 aliphatic heterocycles. The minimum absolute atomic E-state index is 0.726. The van der Waals surface area contributed by atoms with Crippen molar-refractivity contribution in [2.24, 2.45) is 0 Å². The van der Waals surface area contributed by atoms with Crippen molar-refractivity contribution in [3.8, 4) is 33.7 Å². The molecule has 0 aliphatic carbocycles. The normalized spacial score (nSPS) is 12.9. The van der Waals surface area contributed by atoms with Crippen molar-refractivity contribution in [2.75, 3.05) is 18.1 Å². The first-order valence-corrected chi connectivity index (χ1v) is 14.8. The van der Waals surface area contributed by atoms with Gasteiger partial charge in [-0.2, -0.15) is 0 Å². The van der Waals surface area contributed by atoms with E-state index in [0.29, 0.717) is 0 Å². The standard InChI is InChI=1S/C38H39N3O/c1-25-19-27(3)35(28(4)20-25)32-13-10-14-33(23-32)41-18-17-40(24-41)16-15-34-39-37(31-11-8-7-9-12-31)38(42-34)36-29(5)21-26(2)22-30(36)6/h7-14,17-23H,15-16,24H2,1-6H3. The third-order valence-electron chi connectivity index (χ3n) is 8.17. The molecule has 4 heteroatoms. The fraction of sp³-hybridized carbons (Fsp3) is 0.237. The van der Waals surface area contributed by atoms with Gasteiger partial charge in [-0.15, -0.1) is 0 Å². The van der Waals surface area contributed by atoms with Crippen molar-refractivity contribution in [3.63, 3.8) is 0 Å². The fourth-order valence-electron chi connectivity index (χ4n) is 6.46. The van der Waals surface area contributed by atoms with E-state index in [-0.39, 0.29) is 0 Å². The molecular formula is C38H39N3O. The SMILES string of the molecule is Cc1cc(C)c(-c2cccc(N3C=CN(CCc4nc(-c5ccccc5)c(-c5c(C)cc(C)cc5C)o4)C3)c2)c(C)c1. The van der Waals surface area contributed by atoms with E-state index >= 15 is 0 Å². The van der Waals surface area contributed by atoms with Crippen LogP contribution in [-0.4, -0.2) is 23.1 Å². The largest absolute Gasteiger partial charge is 0.440 e. The quantitative estimate of drug-likeness (QED) is 0.201. The molecular weight excluding hydrogens is 514 g/mol. The summed E-state index contributed by atoms with van der Waals surface area (Å²) in [4.78, 5) is 9.66. The van der Waals surface area contributed by atoms with Crippen molar-refractivity contribution >= 4 is 5.69 Å². The molecule has 0 N–H and O–H groups in total. The summed E-state index contributed by atoms with van der Waals surface area (Å²) in [5, 5.41) is 0. The Morgan fingerprint density at radius 3 is 1.95 bits per heavy atom. The Kier molecular flexibility index (Phi) is 7.47. The van der Waals surface area contributed by atoms with Crippen LogP contribution in [0.1, 0.15) is 39.3 Å². The summed E-state index contributed by atoms with van der Waals surface area (Å²) in [6.07, 6.45) is 5.07. The number of rotatable bonds is 7. The molecule has 6 rings (SSSR count). The van der Waals surface area contributed by atoms with E-state index in [1.54, 1.807) is 0 Å². The number of benzene rings is 4. The van der Waals surface area contributed by atoms with Gasteiger partial charge in [-0.25, -0.2) is 4.98 Å². The molecule has 212 valence electrons. The fourth-order valence-corrected chi connectivity index (χ4v) is 6.46. The second-order valence-electron chi connectivity index (χ2n) is 11.7. The maximum atomic E-state index is 6.55. The van der Waals surface area contributed by atoms with Crippen LogP contribution in [0.15, 0.2) is 95.7 Å². The average molecular weight is 554 g/mol. The van der Waals surface area contributed by atoms with Gasteiger partial charge in [-0.05, 0) is 87.1 Å². The highest BCUT2D eigenvalue weighted by molar-refractivity contribution is 5.80. The van der Waals surface area contributed by atoms with Crippen molar-refractivity contribution < 1.29 is 4.42 Å². The lowest BCUT2D eigenvalue weighted by Gasteiger charge is -2.22. The smallest absolute Gasteiger partial charge is 0.197 e. The number of anilines is 1. The number of hydrogen-bond acceptors (Lipinski definition) is 4. The lowest BCUT2D eigenvalue weighted by molar-refractivity contribution is 0.385. The summed E-state index contributed by atoms with van der Waals surface area (Å²) in [6, 6.07) is 28.2. The molecule has 0 unspecified atom stereocenters. The zero-order valence-corrected chi connectivity index (χ0v) is 25.5. The Labute approximate surface area is 250 Å². The number of aryl methyl sites for hydroxylation is 6. The first kappa shape index (κ1) is 27.6. The Morgan fingerprint density at radius 2 is 1.29 bits per heavy atom. The van der Waals surface area contributed by atoms with Crippen LogP contribution in [-0.2, 0) is 6.42 Å². The molecule has 5 aromatic rings. The van der Waals surface area contributed by atoms with Gasteiger partial charge in [0.2, 0.25) is 0 Å². The maximum absolute atomic E-state index is 6.55. The van der Waals surface area contributed by atoms with Crippen molar-refractivity contribution in [3.05, 3.63) is 131 Å². The molecule has 1 aromatic heterocycles. The lowest BCUT2D eigenvalue weighted by Crippen LogP contribution is -2.26. The number of nitrogens with zero attached hydrogens (tertiary/aromatic N) is 3. The second-order valence-corrected chi connectivity index (χ2v) is 11.7. The molecule has 2 heterocycles. The van der Waals surface area contributed by atoms with Crippen LogP contribution >= 0.6 is 0 Å². The van der Waals surface area contributed by atoms with Crippen molar-refractivity contribution in [2.45, 2.75) is 48.0 Å². The van der Waals surface area contributed by atoms with E-state index in [9.17, 15) is 0 Å². The van der Waals surface area contributed by atoms with Gasteiger partial charge < -0.3 is 14.2 Å². The third kappa shape index (κ3) is 5.49. The van der Waals surface area contributed by atoms with Gasteiger partial charge in [-0.3, -0.25) is 0 Å². The molecule has 0 amide bonds. The maximum Gasteiger partial charge on any atom is 0.197 e.